The van der Waals surface area contributed by atoms with Crippen molar-refractivity contribution in [1.29, 1.82) is 0 Å². The standard InChI is InChI=1S/C15H21FN4O/c1-15(2,3)18-8-13-17-10-19-20(13)9-11-6-5-7-12(21-4)14(11)16/h5-7,10,18H,8-9H2,1-4H3. The Labute approximate surface area is 124 Å². The molecule has 114 valence electrons. The van der Waals surface area contributed by atoms with Gasteiger partial charge in [-0.25, -0.2) is 14.1 Å². The normalized spacial score (nSPS) is 11.7. The van der Waals surface area contributed by atoms with E-state index in [0.717, 1.165) is 5.82 Å². The largest absolute Gasteiger partial charge is 0.494 e. The van der Waals surface area contributed by atoms with Gasteiger partial charge in [-0.05, 0) is 26.8 Å². The van der Waals surface area contributed by atoms with Crippen LogP contribution in [0.3, 0.4) is 0 Å². The molecule has 5 nitrogen and oxygen atoms in total. The predicted octanol–water partition coefficient (Wildman–Crippen LogP) is 2.36. The number of methoxy groups -OCH3 is 1. The van der Waals surface area contributed by atoms with Crippen molar-refractivity contribution in [3.8, 4) is 5.75 Å². The molecular formula is C15H21FN4O. The van der Waals surface area contributed by atoms with Crippen molar-refractivity contribution in [3.63, 3.8) is 0 Å². The second-order valence-corrected chi connectivity index (χ2v) is 5.87. The Kier molecular flexibility index (Phi) is 4.57. The van der Waals surface area contributed by atoms with Crippen molar-refractivity contribution in [2.45, 2.75) is 39.4 Å². The van der Waals surface area contributed by atoms with Gasteiger partial charge in [-0.2, -0.15) is 5.10 Å². The number of ether oxygens (including phenoxy) is 1. The van der Waals surface area contributed by atoms with Crippen LogP contribution < -0.4 is 10.1 Å². The summed E-state index contributed by atoms with van der Waals surface area (Å²) in [5, 5.41) is 7.51. The fourth-order valence-electron chi connectivity index (χ4n) is 1.90. The van der Waals surface area contributed by atoms with Crippen LogP contribution in [0.2, 0.25) is 0 Å². The molecule has 21 heavy (non-hydrogen) atoms. The van der Waals surface area contributed by atoms with Crippen LogP contribution >= 0.6 is 0 Å². The van der Waals surface area contributed by atoms with Crippen LogP contribution in [-0.4, -0.2) is 27.4 Å². The molecule has 0 spiro atoms. The molecule has 0 unspecified atom stereocenters. The number of rotatable bonds is 5. The van der Waals surface area contributed by atoms with Gasteiger partial charge >= 0.3 is 0 Å². The molecule has 1 aromatic heterocycles. The molecule has 0 aliphatic heterocycles. The molecule has 6 heteroatoms. The van der Waals surface area contributed by atoms with Gasteiger partial charge in [-0.3, -0.25) is 0 Å². The zero-order chi connectivity index (χ0) is 15.5. The Morgan fingerprint density at radius 2 is 2.10 bits per heavy atom. The number of halogens is 1. The monoisotopic (exact) mass is 292 g/mol. The highest BCUT2D eigenvalue weighted by atomic mass is 19.1. The zero-order valence-electron chi connectivity index (χ0n) is 12.9. The van der Waals surface area contributed by atoms with Crippen LogP contribution in [0.15, 0.2) is 24.5 Å². The minimum Gasteiger partial charge on any atom is -0.494 e. The molecule has 1 heterocycles. The fraction of sp³-hybridized carbons (Fsp3) is 0.467. The third-order valence-electron chi connectivity index (χ3n) is 3.06. The van der Waals surface area contributed by atoms with Crippen molar-refractivity contribution < 1.29 is 9.13 Å². The van der Waals surface area contributed by atoms with E-state index in [0.29, 0.717) is 18.7 Å². The highest BCUT2D eigenvalue weighted by Crippen LogP contribution is 2.20. The van der Waals surface area contributed by atoms with Crippen molar-refractivity contribution in [2.75, 3.05) is 7.11 Å². The summed E-state index contributed by atoms with van der Waals surface area (Å²) in [6.45, 7) is 7.14. The topological polar surface area (TPSA) is 52.0 Å². The molecule has 0 saturated carbocycles. The van der Waals surface area contributed by atoms with Gasteiger partial charge in [0.25, 0.3) is 0 Å². The lowest BCUT2D eigenvalue weighted by Gasteiger charge is -2.20. The van der Waals surface area contributed by atoms with E-state index in [1.165, 1.54) is 13.4 Å². The molecule has 0 bridgehead atoms. The first-order valence-corrected chi connectivity index (χ1v) is 6.84. The fourth-order valence-corrected chi connectivity index (χ4v) is 1.90. The molecule has 2 aromatic rings. The Bertz CT molecular complexity index is 604. The lowest BCUT2D eigenvalue weighted by Crippen LogP contribution is -2.36. The molecule has 0 saturated heterocycles. The smallest absolute Gasteiger partial charge is 0.170 e. The highest BCUT2D eigenvalue weighted by Gasteiger charge is 2.14. The number of hydrogen-bond acceptors (Lipinski definition) is 4. The first-order valence-electron chi connectivity index (χ1n) is 6.84. The summed E-state index contributed by atoms with van der Waals surface area (Å²) in [4.78, 5) is 4.22. The van der Waals surface area contributed by atoms with E-state index in [4.69, 9.17) is 4.74 Å². The van der Waals surface area contributed by atoms with Gasteiger partial charge in [-0.1, -0.05) is 12.1 Å². The maximum atomic E-state index is 14.2. The molecule has 0 aliphatic carbocycles. The summed E-state index contributed by atoms with van der Waals surface area (Å²) in [7, 11) is 1.45. The quantitative estimate of drug-likeness (QED) is 0.919. The third kappa shape index (κ3) is 4.01. The van der Waals surface area contributed by atoms with Gasteiger partial charge in [0.2, 0.25) is 0 Å². The molecule has 0 radical (unpaired) electrons. The highest BCUT2D eigenvalue weighted by molar-refractivity contribution is 5.31. The van der Waals surface area contributed by atoms with Crippen LogP contribution in [0.25, 0.3) is 0 Å². The first kappa shape index (κ1) is 15.4. The van der Waals surface area contributed by atoms with Crippen molar-refractivity contribution >= 4 is 0 Å². The van der Waals surface area contributed by atoms with Gasteiger partial charge in [0.05, 0.1) is 20.2 Å². The Hall–Kier alpha value is -1.95. The van der Waals surface area contributed by atoms with E-state index in [9.17, 15) is 4.39 Å². The summed E-state index contributed by atoms with van der Waals surface area (Å²) in [6.07, 6.45) is 1.48. The van der Waals surface area contributed by atoms with E-state index in [1.807, 2.05) is 0 Å². The summed E-state index contributed by atoms with van der Waals surface area (Å²) in [6, 6.07) is 5.09. The summed E-state index contributed by atoms with van der Waals surface area (Å²) < 4.78 is 20.9. The predicted molar refractivity (Wildman–Crippen MR) is 78.7 cm³/mol. The van der Waals surface area contributed by atoms with Gasteiger partial charge in [0, 0.05) is 11.1 Å². The van der Waals surface area contributed by atoms with Crippen molar-refractivity contribution in [3.05, 3.63) is 41.7 Å². The molecule has 1 N–H and O–H groups in total. The second kappa shape index (κ2) is 6.22. The molecule has 0 fully saturated rings. The molecular weight excluding hydrogens is 271 g/mol. The molecule has 0 atom stereocenters. The third-order valence-corrected chi connectivity index (χ3v) is 3.06. The van der Waals surface area contributed by atoms with Gasteiger partial charge < -0.3 is 10.1 Å². The average molecular weight is 292 g/mol. The first-order chi connectivity index (χ1) is 9.90. The molecule has 1 aromatic carbocycles. The van der Waals surface area contributed by atoms with E-state index in [-0.39, 0.29) is 17.1 Å². The van der Waals surface area contributed by atoms with E-state index < -0.39 is 0 Å². The lowest BCUT2D eigenvalue weighted by atomic mass is 10.1. The minimum absolute atomic E-state index is 0.0159. The van der Waals surface area contributed by atoms with Crippen LogP contribution in [-0.2, 0) is 13.1 Å². The number of nitrogens with one attached hydrogen (secondary N) is 1. The van der Waals surface area contributed by atoms with Gasteiger partial charge in [-0.15, -0.1) is 0 Å². The Balaban J connectivity index is 2.16. The van der Waals surface area contributed by atoms with Crippen LogP contribution in [0, 0.1) is 5.82 Å². The summed E-state index contributed by atoms with van der Waals surface area (Å²) in [5.41, 5.74) is 0.509. The average Bonchev–Trinajstić information content (AvgIpc) is 2.85. The maximum Gasteiger partial charge on any atom is 0.170 e. The summed E-state index contributed by atoms with van der Waals surface area (Å²) in [5.74, 6) is 0.652. The maximum absolute atomic E-state index is 14.2. The van der Waals surface area contributed by atoms with E-state index in [1.54, 1.807) is 22.9 Å². The Morgan fingerprint density at radius 3 is 2.76 bits per heavy atom. The van der Waals surface area contributed by atoms with Crippen LogP contribution in [0.5, 0.6) is 5.75 Å². The van der Waals surface area contributed by atoms with E-state index >= 15 is 0 Å². The summed E-state index contributed by atoms with van der Waals surface area (Å²) >= 11 is 0. The van der Waals surface area contributed by atoms with Crippen molar-refractivity contribution in [2.24, 2.45) is 0 Å². The van der Waals surface area contributed by atoms with Gasteiger partial charge in [0.15, 0.2) is 11.6 Å². The number of benzene rings is 1. The molecule has 0 aliphatic rings. The number of hydrogen-bond donors (Lipinski definition) is 1. The zero-order valence-corrected chi connectivity index (χ0v) is 12.9. The van der Waals surface area contributed by atoms with E-state index in [2.05, 4.69) is 36.2 Å². The number of aromatic nitrogens is 3. The van der Waals surface area contributed by atoms with Crippen LogP contribution in [0.1, 0.15) is 32.2 Å². The Morgan fingerprint density at radius 1 is 1.33 bits per heavy atom. The number of nitrogens with zero attached hydrogens (tertiary/aromatic N) is 3. The molecule has 0 amide bonds. The second-order valence-electron chi connectivity index (χ2n) is 5.87. The SMILES string of the molecule is COc1cccc(Cn2ncnc2CNC(C)(C)C)c1F. The van der Waals surface area contributed by atoms with Crippen molar-refractivity contribution in [1.82, 2.24) is 20.1 Å². The van der Waals surface area contributed by atoms with Gasteiger partial charge in [0.1, 0.15) is 12.2 Å². The minimum atomic E-state index is -0.356. The van der Waals surface area contributed by atoms with Crippen LogP contribution in [0.4, 0.5) is 4.39 Å². The molecule has 2 rings (SSSR count). The lowest BCUT2D eigenvalue weighted by molar-refractivity contribution is 0.382.